The SMILES string of the molecule is COC(=O)CC1(CCO[Si](C)(C)C(C)(C)C)OCCC1=O. The van der Waals surface area contributed by atoms with Gasteiger partial charge in [0.05, 0.1) is 20.1 Å². The van der Waals surface area contributed by atoms with E-state index in [1.54, 1.807) is 0 Å². The Morgan fingerprint density at radius 3 is 2.43 bits per heavy atom. The van der Waals surface area contributed by atoms with Crippen LogP contribution in [0.3, 0.4) is 0 Å². The maximum Gasteiger partial charge on any atom is 0.308 e. The summed E-state index contributed by atoms with van der Waals surface area (Å²) in [7, 11) is -0.542. The number of ether oxygens (including phenoxy) is 2. The molecule has 1 saturated heterocycles. The Hall–Kier alpha value is -0.723. The smallest absolute Gasteiger partial charge is 0.308 e. The van der Waals surface area contributed by atoms with E-state index in [-0.39, 0.29) is 17.2 Å². The number of hydrogen-bond acceptors (Lipinski definition) is 5. The molecule has 0 bridgehead atoms. The van der Waals surface area contributed by atoms with Crippen molar-refractivity contribution in [2.24, 2.45) is 0 Å². The molecule has 6 heteroatoms. The molecular weight excluding hydrogens is 288 g/mol. The molecule has 0 spiro atoms. The fourth-order valence-electron chi connectivity index (χ4n) is 2.09. The Morgan fingerprint density at radius 1 is 1.38 bits per heavy atom. The van der Waals surface area contributed by atoms with Crippen molar-refractivity contribution < 1.29 is 23.5 Å². The minimum absolute atomic E-state index is 0.0215. The molecule has 122 valence electrons. The monoisotopic (exact) mass is 316 g/mol. The van der Waals surface area contributed by atoms with E-state index in [0.29, 0.717) is 26.1 Å². The van der Waals surface area contributed by atoms with E-state index in [9.17, 15) is 9.59 Å². The highest BCUT2D eigenvalue weighted by Crippen LogP contribution is 2.37. The van der Waals surface area contributed by atoms with Gasteiger partial charge in [0.15, 0.2) is 14.1 Å². The number of rotatable bonds is 6. The quantitative estimate of drug-likeness (QED) is 0.557. The van der Waals surface area contributed by atoms with Gasteiger partial charge in [0.25, 0.3) is 0 Å². The van der Waals surface area contributed by atoms with Crippen LogP contribution in [-0.4, -0.2) is 46.0 Å². The summed E-state index contributed by atoms with van der Waals surface area (Å²) >= 11 is 0. The van der Waals surface area contributed by atoms with E-state index in [1.807, 2.05) is 0 Å². The first kappa shape index (κ1) is 18.3. The van der Waals surface area contributed by atoms with Gasteiger partial charge in [-0.25, -0.2) is 0 Å². The number of esters is 1. The molecule has 1 fully saturated rings. The third-order valence-corrected chi connectivity index (χ3v) is 9.19. The molecule has 0 aliphatic carbocycles. The molecule has 0 amide bonds. The van der Waals surface area contributed by atoms with Crippen molar-refractivity contribution in [2.75, 3.05) is 20.3 Å². The van der Waals surface area contributed by atoms with E-state index in [2.05, 4.69) is 38.6 Å². The lowest BCUT2D eigenvalue weighted by molar-refractivity contribution is -0.152. The Bertz CT molecular complexity index is 399. The minimum Gasteiger partial charge on any atom is -0.469 e. The maximum absolute atomic E-state index is 12.1. The number of methoxy groups -OCH3 is 1. The van der Waals surface area contributed by atoms with Crippen molar-refractivity contribution >= 4 is 20.1 Å². The van der Waals surface area contributed by atoms with Crippen molar-refractivity contribution in [2.45, 2.75) is 63.8 Å². The van der Waals surface area contributed by atoms with Crippen LogP contribution in [0, 0.1) is 0 Å². The summed E-state index contributed by atoms with van der Waals surface area (Å²) in [5, 5.41) is 0.114. The van der Waals surface area contributed by atoms with E-state index >= 15 is 0 Å². The van der Waals surface area contributed by atoms with Crippen molar-refractivity contribution in [3.05, 3.63) is 0 Å². The maximum atomic E-state index is 12.1. The van der Waals surface area contributed by atoms with Crippen LogP contribution >= 0.6 is 0 Å². The second kappa shape index (κ2) is 6.58. The first-order valence-corrected chi connectivity index (χ1v) is 10.3. The van der Waals surface area contributed by atoms with Crippen LogP contribution in [0.25, 0.3) is 0 Å². The summed E-state index contributed by atoms with van der Waals surface area (Å²) in [5.41, 5.74) is -1.05. The molecule has 0 aromatic rings. The van der Waals surface area contributed by atoms with E-state index < -0.39 is 19.9 Å². The van der Waals surface area contributed by atoms with Crippen LogP contribution in [0.4, 0.5) is 0 Å². The van der Waals surface area contributed by atoms with Gasteiger partial charge >= 0.3 is 5.97 Å². The van der Waals surface area contributed by atoms with Crippen molar-refractivity contribution in [1.82, 2.24) is 0 Å². The summed E-state index contributed by atoms with van der Waals surface area (Å²) in [4.78, 5) is 23.7. The van der Waals surface area contributed by atoms with Crippen molar-refractivity contribution in [3.63, 3.8) is 0 Å². The highest BCUT2D eigenvalue weighted by Gasteiger charge is 2.46. The lowest BCUT2D eigenvalue weighted by Crippen LogP contribution is -2.44. The normalized spacial score (nSPS) is 23.4. The molecule has 5 nitrogen and oxygen atoms in total. The average Bonchev–Trinajstić information content (AvgIpc) is 2.69. The van der Waals surface area contributed by atoms with E-state index in [4.69, 9.17) is 9.16 Å². The fourth-order valence-corrected chi connectivity index (χ4v) is 3.14. The lowest BCUT2D eigenvalue weighted by Gasteiger charge is -2.37. The summed E-state index contributed by atoms with van der Waals surface area (Å²) < 4.78 is 16.4. The largest absolute Gasteiger partial charge is 0.469 e. The number of ketones is 1. The third-order valence-electron chi connectivity index (χ3n) is 4.65. The molecule has 1 heterocycles. The second-order valence-electron chi connectivity index (χ2n) is 7.13. The topological polar surface area (TPSA) is 61.8 Å². The Labute approximate surface area is 128 Å². The summed E-state index contributed by atoms with van der Waals surface area (Å²) in [6.45, 7) is 11.6. The summed E-state index contributed by atoms with van der Waals surface area (Å²) in [5.74, 6) is -0.440. The van der Waals surface area contributed by atoms with Crippen LogP contribution in [0.5, 0.6) is 0 Å². The highest BCUT2D eigenvalue weighted by molar-refractivity contribution is 6.74. The Balaban J connectivity index is 2.68. The predicted octanol–water partition coefficient (Wildman–Crippen LogP) is 2.69. The average molecular weight is 316 g/mol. The molecular formula is C15H28O5Si. The lowest BCUT2D eigenvalue weighted by atomic mass is 9.91. The van der Waals surface area contributed by atoms with Gasteiger partial charge in [0, 0.05) is 19.4 Å². The number of Topliss-reactive ketones (excluding diaryl/α,β-unsaturated/α-hetero) is 1. The molecule has 0 saturated carbocycles. The van der Waals surface area contributed by atoms with Gasteiger partial charge in [0.1, 0.15) is 5.60 Å². The molecule has 1 rings (SSSR count). The molecule has 1 aliphatic heterocycles. The Kier molecular flexibility index (Phi) is 5.74. The van der Waals surface area contributed by atoms with Crippen LogP contribution in [0.15, 0.2) is 0 Å². The van der Waals surface area contributed by atoms with Crippen molar-refractivity contribution in [3.8, 4) is 0 Å². The van der Waals surface area contributed by atoms with E-state index in [1.165, 1.54) is 7.11 Å². The minimum atomic E-state index is -1.86. The van der Waals surface area contributed by atoms with E-state index in [0.717, 1.165) is 0 Å². The predicted molar refractivity (Wildman–Crippen MR) is 82.7 cm³/mol. The molecule has 21 heavy (non-hydrogen) atoms. The van der Waals surface area contributed by atoms with Gasteiger partial charge in [-0.2, -0.15) is 0 Å². The zero-order valence-electron chi connectivity index (χ0n) is 14.1. The molecule has 0 radical (unpaired) electrons. The summed E-state index contributed by atoms with van der Waals surface area (Å²) in [6, 6.07) is 0. The van der Waals surface area contributed by atoms with Crippen LogP contribution < -0.4 is 0 Å². The number of hydrogen-bond donors (Lipinski definition) is 0. The van der Waals surface area contributed by atoms with Crippen molar-refractivity contribution in [1.29, 1.82) is 0 Å². The first-order chi connectivity index (χ1) is 9.54. The van der Waals surface area contributed by atoms with Gasteiger partial charge in [-0.05, 0) is 18.1 Å². The zero-order chi connectivity index (χ0) is 16.3. The molecule has 1 atom stereocenters. The molecule has 1 unspecified atom stereocenters. The molecule has 0 aromatic carbocycles. The fraction of sp³-hybridized carbons (Fsp3) is 0.867. The summed E-state index contributed by atoms with van der Waals surface area (Å²) in [6.07, 6.45) is 0.744. The van der Waals surface area contributed by atoms with Gasteiger partial charge in [-0.1, -0.05) is 20.8 Å². The van der Waals surface area contributed by atoms with Gasteiger partial charge < -0.3 is 13.9 Å². The van der Waals surface area contributed by atoms with Crippen LogP contribution in [-0.2, 0) is 23.5 Å². The molecule has 0 aromatic heterocycles. The molecule has 1 aliphatic rings. The second-order valence-corrected chi connectivity index (χ2v) is 11.9. The zero-order valence-corrected chi connectivity index (χ0v) is 15.1. The Morgan fingerprint density at radius 2 is 2.00 bits per heavy atom. The van der Waals surface area contributed by atoms with Gasteiger partial charge in [-0.15, -0.1) is 0 Å². The van der Waals surface area contributed by atoms with Gasteiger partial charge in [-0.3, -0.25) is 9.59 Å². The third kappa shape index (κ3) is 4.37. The van der Waals surface area contributed by atoms with Gasteiger partial charge in [0.2, 0.25) is 0 Å². The highest BCUT2D eigenvalue weighted by atomic mass is 28.4. The first-order valence-electron chi connectivity index (χ1n) is 7.42. The van der Waals surface area contributed by atoms with Crippen LogP contribution in [0.2, 0.25) is 18.1 Å². The standard InChI is InChI=1S/C15H28O5Si/c1-14(2,3)21(5,6)20-10-8-15(11-13(17)18-4)12(16)7-9-19-15/h7-11H2,1-6H3. The van der Waals surface area contributed by atoms with Crippen LogP contribution in [0.1, 0.15) is 40.0 Å². The molecule has 0 N–H and O–H groups in total. The number of carbonyl (C=O) groups is 2. The number of carbonyl (C=O) groups excluding carboxylic acids is 2.